The first kappa shape index (κ1) is 18.0. The molecule has 7 heteroatoms. The van der Waals surface area contributed by atoms with Crippen LogP contribution >= 0.6 is 11.8 Å². The van der Waals surface area contributed by atoms with Crippen LogP contribution in [0, 0.1) is 0 Å². The number of thioether (sulfide) groups is 1. The zero-order chi connectivity index (χ0) is 18.7. The van der Waals surface area contributed by atoms with Gasteiger partial charge in [0.15, 0.2) is 0 Å². The molecule has 2 aromatic carbocycles. The van der Waals surface area contributed by atoms with Crippen molar-refractivity contribution in [1.29, 1.82) is 0 Å². The molecule has 3 rings (SSSR count). The second-order valence-corrected chi connectivity index (χ2v) is 6.99. The highest BCUT2D eigenvalue weighted by Crippen LogP contribution is 2.34. The maximum absolute atomic E-state index is 12.7. The number of rotatable bonds is 5. The standard InChI is InChI=1S/C19H18N2O4S/c1-2-25-19(24)12-3-7-14(8-4-12)21-17(22)11-16(18(21)23)26-15-9-5-13(20)6-10-15/h3-10,16H,2,11,20H2,1H3. The molecule has 0 saturated carbocycles. The molecule has 1 aliphatic rings. The average molecular weight is 370 g/mol. The fraction of sp³-hybridized carbons (Fsp3) is 0.211. The number of nitrogens with two attached hydrogens (primary N) is 1. The second-order valence-electron chi connectivity index (χ2n) is 5.71. The molecule has 0 aromatic heterocycles. The number of ether oxygens (including phenoxy) is 1. The van der Waals surface area contributed by atoms with Gasteiger partial charge in [-0.1, -0.05) is 0 Å². The molecule has 1 heterocycles. The summed E-state index contributed by atoms with van der Waals surface area (Å²) in [5, 5.41) is -0.476. The number of esters is 1. The van der Waals surface area contributed by atoms with E-state index in [1.807, 2.05) is 12.1 Å². The number of benzene rings is 2. The third-order valence-electron chi connectivity index (χ3n) is 3.90. The Balaban J connectivity index is 1.74. The fourth-order valence-electron chi connectivity index (χ4n) is 2.64. The van der Waals surface area contributed by atoms with Crippen molar-refractivity contribution in [3.8, 4) is 0 Å². The van der Waals surface area contributed by atoms with Crippen molar-refractivity contribution in [2.24, 2.45) is 0 Å². The van der Waals surface area contributed by atoms with E-state index in [0.29, 0.717) is 16.9 Å². The Bertz CT molecular complexity index is 834. The molecule has 2 N–H and O–H groups in total. The lowest BCUT2D eigenvalue weighted by Crippen LogP contribution is -2.31. The maximum Gasteiger partial charge on any atom is 0.338 e. The Morgan fingerprint density at radius 3 is 2.42 bits per heavy atom. The smallest absolute Gasteiger partial charge is 0.338 e. The van der Waals surface area contributed by atoms with Gasteiger partial charge in [-0.3, -0.25) is 9.59 Å². The Morgan fingerprint density at radius 1 is 1.15 bits per heavy atom. The Kier molecular flexibility index (Phi) is 5.27. The molecule has 134 valence electrons. The van der Waals surface area contributed by atoms with Crippen LogP contribution in [0.15, 0.2) is 53.4 Å². The summed E-state index contributed by atoms with van der Waals surface area (Å²) in [4.78, 5) is 38.8. The minimum absolute atomic E-state index is 0.132. The van der Waals surface area contributed by atoms with Crippen molar-refractivity contribution < 1.29 is 19.1 Å². The first-order chi connectivity index (χ1) is 12.5. The highest BCUT2D eigenvalue weighted by Gasteiger charge is 2.40. The van der Waals surface area contributed by atoms with Crippen molar-refractivity contribution in [3.63, 3.8) is 0 Å². The van der Waals surface area contributed by atoms with E-state index in [4.69, 9.17) is 10.5 Å². The summed E-state index contributed by atoms with van der Waals surface area (Å²) in [6.07, 6.45) is 0.132. The van der Waals surface area contributed by atoms with Crippen LogP contribution in [0.4, 0.5) is 11.4 Å². The fourth-order valence-corrected chi connectivity index (χ4v) is 3.69. The predicted molar refractivity (Wildman–Crippen MR) is 100 cm³/mol. The number of amides is 2. The molecular formula is C19H18N2O4S. The van der Waals surface area contributed by atoms with Gasteiger partial charge in [0.2, 0.25) is 11.8 Å². The Labute approximate surface area is 155 Å². The third-order valence-corrected chi connectivity index (χ3v) is 5.10. The monoisotopic (exact) mass is 370 g/mol. The van der Waals surface area contributed by atoms with Gasteiger partial charge in [0.1, 0.15) is 0 Å². The van der Waals surface area contributed by atoms with Crippen LogP contribution in [0.2, 0.25) is 0 Å². The van der Waals surface area contributed by atoms with Gasteiger partial charge in [-0.25, -0.2) is 9.69 Å². The summed E-state index contributed by atoms with van der Waals surface area (Å²) in [7, 11) is 0. The lowest BCUT2D eigenvalue weighted by Gasteiger charge is -2.15. The van der Waals surface area contributed by atoms with Gasteiger partial charge < -0.3 is 10.5 Å². The summed E-state index contributed by atoms with van der Waals surface area (Å²) in [5.74, 6) is -0.956. The third kappa shape index (κ3) is 3.72. The molecule has 2 amide bonds. The molecule has 0 aliphatic carbocycles. The summed E-state index contributed by atoms with van der Waals surface area (Å²) >= 11 is 1.34. The highest BCUT2D eigenvalue weighted by atomic mass is 32.2. The average Bonchev–Trinajstić information content (AvgIpc) is 2.91. The van der Waals surface area contributed by atoms with Crippen LogP contribution in [0.5, 0.6) is 0 Å². The van der Waals surface area contributed by atoms with Crippen LogP contribution in [0.25, 0.3) is 0 Å². The first-order valence-electron chi connectivity index (χ1n) is 8.15. The molecular weight excluding hydrogens is 352 g/mol. The van der Waals surface area contributed by atoms with E-state index < -0.39 is 11.2 Å². The number of carbonyl (C=O) groups is 3. The predicted octanol–water partition coefficient (Wildman–Crippen LogP) is 2.87. The normalized spacial score (nSPS) is 16.8. The van der Waals surface area contributed by atoms with E-state index in [1.165, 1.54) is 16.7 Å². The van der Waals surface area contributed by atoms with Gasteiger partial charge in [0, 0.05) is 17.0 Å². The molecule has 0 radical (unpaired) electrons. The molecule has 1 atom stereocenters. The lowest BCUT2D eigenvalue weighted by molar-refractivity contribution is -0.121. The molecule has 0 bridgehead atoms. The maximum atomic E-state index is 12.7. The molecule has 1 fully saturated rings. The number of nitrogen functional groups attached to an aromatic ring is 1. The van der Waals surface area contributed by atoms with Gasteiger partial charge in [-0.2, -0.15) is 0 Å². The Hall–Kier alpha value is -2.80. The molecule has 6 nitrogen and oxygen atoms in total. The van der Waals surface area contributed by atoms with Crippen LogP contribution in [-0.4, -0.2) is 29.6 Å². The molecule has 1 saturated heterocycles. The van der Waals surface area contributed by atoms with Crippen molar-refractivity contribution >= 4 is 40.9 Å². The largest absolute Gasteiger partial charge is 0.462 e. The van der Waals surface area contributed by atoms with Crippen LogP contribution in [-0.2, 0) is 14.3 Å². The van der Waals surface area contributed by atoms with E-state index in [2.05, 4.69) is 0 Å². The number of hydrogen-bond donors (Lipinski definition) is 1. The number of imide groups is 1. The molecule has 0 spiro atoms. The molecule has 1 aliphatic heterocycles. The summed E-state index contributed by atoms with van der Waals surface area (Å²) < 4.78 is 4.93. The van der Waals surface area contributed by atoms with Crippen molar-refractivity contribution in [2.45, 2.75) is 23.5 Å². The SMILES string of the molecule is CCOC(=O)c1ccc(N2C(=O)CC(Sc3ccc(N)cc3)C2=O)cc1. The van der Waals surface area contributed by atoms with Gasteiger partial charge >= 0.3 is 5.97 Å². The first-order valence-corrected chi connectivity index (χ1v) is 9.03. The number of nitrogens with zero attached hydrogens (tertiary/aromatic N) is 1. The molecule has 2 aromatic rings. The van der Waals surface area contributed by atoms with Crippen LogP contribution in [0.1, 0.15) is 23.7 Å². The van der Waals surface area contributed by atoms with E-state index in [1.54, 1.807) is 43.3 Å². The van der Waals surface area contributed by atoms with Gasteiger partial charge in [0.05, 0.1) is 23.1 Å². The number of hydrogen-bond acceptors (Lipinski definition) is 6. The van der Waals surface area contributed by atoms with Gasteiger partial charge in [-0.15, -0.1) is 11.8 Å². The van der Waals surface area contributed by atoms with Crippen molar-refractivity contribution in [3.05, 3.63) is 54.1 Å². The highest BCUT2D eigenvalue weighted by molar-refractivity contribution is 8.00. The second kappa shape index (κ2) is 7.61. The summed E-state index contributed by atoms with van der Waals surface area (Å²) in [6, 6.07) is 13.4. The van der Waals surface area contributed by atoms with E-state index in [-0.39, 0.29) is 24.8 Å². The minimum Gasteiger partial charge on any atom is -0.462 e. The molecule has 1 unspecified atom stereocenters. The number of carbonyl (C=O) groups excluding carboxylic acids is 3. The van der Waals surface area contributed by atoms with Crippen molar-refractivity contribution in [2.75, 3.05) is 17.2 Å². The topological polar surface area (TPSA) is 89.7 Å². The zero-order valence-corrected chi connectivity index (χ0v) is 15.0. The van der Waals surface area contributed by atoms with Gasteiger partial charge in [0.25, 0.3) is 0 Å². The zero-order valence-electron chi connectivity index (χ0n) is 14.2. The van der Waals surface area contributed by atoms with E-state index in [0.717, 1.165) is 4.90 Å². The van der Waals surface area contributed by atoms with Gasteiger partial charge in [-0.05, 0) is 55.5 Å². The van der Waals surface area contributed by atoms with Crippen LogP contribution in [0.3, 0.4) is 0 Å². The van der Waals surface area contributed by atoms with Crippen LogP contribution < -0.4 is 10.6 Å². The summed E-state index contributed by atoms with van der Waals surface area (Å²) in [6.45, 7) is 2.01. The lowest BCUT2D eigenvalue weighted by atomic mass is 10.2. The quantitative estimate of drug-likeness (QED) is 0.494. The Morgan fingerprint density at radius 2 is 1.81 bits per heavy atom. The van der Waals surface area contributed by atoms with E-state index >= 15 is 0 Å². The number of anilines is 2. The molecule has 26 heavy (non-hydrogen) atoms. The van der Waals surface area contributed by atoms with E-state index in [9.17, 15) is 14.4 Å². The minimum atomic E-state index is -0.476. The van der Waals surface area contributed by atoms with Crippen molar-refractivity contribution in [1.82, 2.24) is 0 Å². The summed E-state index contributed by atoms with van der Waals surface area (Å²) in [5.41, 5.74) is 7.14.